The average molecular weight is 418 g/mol. The van der Waals surface area contributed by atoms with Gasteiger partial charge in [0.25, 0.3) is 5.91 Å². The summed E-state index contributed by atoms with van der Waals surface area (Å²) in [6, 6.07) is 21.7. The molecule has 1 amide bonds. The molecule has 31 heavy (non-hydrogen) atoms. The molecule has 3 aromatic rings. The number of rotatable bonds is 6. The molecule has 1 saturated heterocycles. The molecule has 4 rings (SSSR count). The van der Waals surface area contributed by atoms with Crippen LogP contribution in [0.5, 0.6) is 5.88 Å². The van der Waals surface area contributed by atoms with Gasteiger partial charge in [-0.1, -0.05) is 36.4 Å². The molecule has 0 unspecified atom stereocenters. The maximum atomic E-state index is 12.5. The molecule has 160 valence electrons. The fraction of sp³-hybridized carbons (Fsp3) is 0.292. The molecule has 0 spiro atoms. The van der Waals surface area contributed by atoms with Crippen molar-refractivity contribution in [2.75, 3.05) is 54.5 Å². The summed E-state index contributed by atoms with van der Waals surface area (Å²) in [5, 5.41) is 0. The van der Waals surface area contributed by atoms with E-state index in [4.69, 9.17) is 4.74 Å². The largest absolute Gasteiger partial charge is 0.467 e. The summed E-state index contributed by atoms with van der Waals surface area (Å²) >= 11 is 0. The molecule has 0 bridgehead atoms. The minimum absolute atomic E-state index is 0.0803. The molecule has 2 heterocycles. The van der Waals surface area contributed by atoms with E-state index in [-0.39, 0.29) is 12.5 Å². The van der Waals surface area contributed by atoms with E-state index >= 15 is 0 Å². The van der Waals surface area contributed by atoms with E-state index in [2.05, 4.69) is 44.0 Å². The third kappa shape index (κ3) is 5.12. The smallest absolute Gasteiger partial charge is 0.264 e. The van der Waals surface area contributed by atoms with Crippen molar-refractivity contribution in [2.24, 2.45) is 0 Å². The van der Waals surface area contributed by atoms with Crippen LogP contribution >= 0.6 is 0 Å². The number of likely N-dealkylation sites (N-methyl/N-ethyl adjacent to an activating group) is 1. The predicted molar refractivity (Wildman–Crippen MR) is 123 cm³/mol. The lowest BCUT2D eigenvalue weighted by atomic mass is 10.2. The van der Waals surface area contributed by atoms with E-state index in [9.17, 15) is 4.79 Å². The van der Waals surface area contributed by atoms with Gasteiger partial charge in [0.1, 0.15) is 0 Å². The molecular formula is C24H27N5O2. The van der Waals surface area contributed by atoms with Crippen LogP contribution in [0.4, 0.5) is 17.3 Å². The Bertz CT molecular complexity index is 1000. The third-order valence-electron chi connectivity index (χ3n) is 5.36. The van der Waals surface area contributed by atoms with Crippen LogP contribution in [-0.2, 0) is 4.79 Å². The number of nitrogens with zero attached hydrogens (tertiary/aromatic N) is 5. The number of hydrogen-bond donors (Lipinski definition) is 0. The minimum Gasteiger partial charge on any atom is -0.467 e. The van der Waals surface area contributed by atoms with Gasteiger partial charge in [0.2, 0.25) is 11.8 Å². The average Bonchev–Trinajstić information content (AvgIpc) is 2.83. The molecule has 1 aromatic heterocycles. The molecule has 0 saturated carbocycles. The lowest BCUT2D eigenvalue weighted by Crippen LogP contribution is -2.47. The molecule has 7 heteroatoms. The first-order valence-electron chi connectivity index (χ1n) is 10.5. The Morgan fingerprint density at radius 1 is 0.935 bits per heavy atom. The van der Waals surface area contributed by atoms with Crippen LogP contribution in [0.3, 0.4) is 0 Å². The number of aromatic nitrogens is 2. The molecule has 0 aliphatic carbocycles. The van der Waals surface area contributed by atoms with Gasteiger partial charge in [-0.2, -0.15) is 4.98 Å². The Morgan fingerprint density at radius 3 is 2.23 bits per heavy atom. The molecule has 2 aromatic carbocycles. The highest BCUT2D eigenvalue weighted by Gasteiger charge is 2.20. The topological polar surface area (TPSA) is 61.8 Å². The highest BCUT2D eigenvalue weighted by molar-refractivity contribution is 5.93. The zero-order valence-electron chi connectivity index (χ0n) is 17.9. The highest BCUT2D eigenvalue weighted by atomic mass is 16.5. The van der Waals surface area contributed by atoms with Gasteiger partial charge >= 0.3 is 0 Å². The van der Waals surface area contributed by atoms with Crippen molar-refractivity contribution in [2.45, 2.75) is 6.92 Å². The zero-order valence-corrected chi connectivity index (χ0v) is 17.9. The van der Waals surface area contributed by atoms with Crippen molar-refractivity contribution in [3.63, 3.8) is 0 Å². The lowest BCUT2D eigenvalue weighted by molar-refractivity contribution is -0.120. The minimum atomic E-state index is -0.138. The van der Waals surface area contributed by atoms with Crippen LogP contribution in [0.15, 0.2) is 66.7 Å². The van der Waals surface area contributed by atoms with Crippen molar-refractivity contribution in [3.8, 4) is 5.88 Å². The number of carbonyl (C=O) groups excluding carboxylic acids is 1. The van der Waals surface area contributed by atoms with Gasteiger partial charge < -0.3 is 19.4 Å². The Kier molecular flexibility index (Phi) is 6.31. The summed E-state index contributed by atoms with van der Waals surface area (Å²) in [7, 11) is 1.74. The van der Waals surface area contributed by atoms with Gasteiger partial charge in [-0.15, -0.1) is 0 Å². The van der Waals surface area contributed by atoms with E-state index in [1.54, 1.807) is 18.0 Å². The van der Waals surface area contributed by atoms with E-state index in [0.717, 1.165) is 37.6 Å². The first-order valence-corrected chi connectivity index (χ1v) is 10.5. The van der Waals surface area contributed by atoms with Gasteiger partial charge in [-0.05, 0) is 31.2 Å². The second-order valence-electron chi connectivity index (χ2n) is 7.53. The fourth-order valence-corrected chi connectivity index (χ4v) is 3.57. The number of piperazine rings is 1. The standard InChI is InChI=1S/C24H27N5O2/c1-19-17-22(31-18-23(30)27(2)20-9-5-3-6-10-20)26-24(25-19)29-15-13-28(14-16-29)21-11-7-4-8-12-21/h3-12,17H,13-16,18H2,1-2H3. The van der Waals surface area contributed by atoms with Crippen molar-refractivity contribution >= 4 is 23.2 Å². The summed E-state index contributed by atoms with van der Waals surface area (Å²) in [4.78, 5) is 27.8. The number of hydrogen-bond acceptors (Lipinski definition) is 6. The SMILES string of the molecule is Cc1cc(OCC(=O)N(C)c2ccccc2)nc(N2CCN(c3ccccc3)CC2)n1. The highest BCUT2D eigenvalue weighted by Crippen LogP contribution is 2.20. The second-order valence-corrected chi connectivity index (χ2v) is 7.53. The Hall–Kier alpha value is -3.61. The lowest BCUT2D eigenvalue weighted by Gasteiger charge is -2.36. The fourth-order valence-electron chi connectivity index (χ4n) is 3.57. The number of aryl methyl sites for hydroxylation is 1. The zero-order chi connectivity index (χ0) is 21.6. The molecular weight excluding hydrogens is 390 g/mol. The van der Waals surface area contributed by atoms with E-state index in [1.807, 2.05) is 43.3 Å². The summed E-state index contributed by atoms with van der Waals surface area (Å²) < 4.78 is 5.73. The van der Waals surface area contributed by atoms with Crippen LogP contribution in [-0.4, -0.2) is 55.7 Å². The number of amides is 1. The molecule has 0 atom stereocenters. The van der Waals surface area contributed by atoms with Gasteiger partial charge in [-0.25, -0.2) is 4.98 Å². The number of ether oxygens (including phenoxy) is 1. The van der Waals surface area contributed by atoms with Gasteiger partial charge in [0.15, 0.2) is 6.61 Å². The second kappa shape index (κ2) is 9.47. The molecule has 0 N–H and O–H groups in total. The predicted octanol–water partition coefficient (Wildman–Crippen LogP) is 3.15. The van der Waals surface area contributed by atoms with Crippen molar-refractivity contribution in [1.29, 1.82) is 0 Å². The summed E-state index contributed by atoms with van der Waals surface area (Å²) in [5.74, 6) is 0.926. The first-order chi connectivity index (χ1) is 15.1. The van der Waals surface area contributed by atoms with E-state index in [0.29, 0.717) is 11.8 Å². The quantitative estimate of drug-likeness (QED) is 0.614. The number of carbonyl (C=O) groups is 1. The molecule has 1 aliphatic heterocycles. The van der Waals surface area contributed by atoms with Gasteiger partial charge in [-0.3, -0.25) is 4.79 Å². The van der Waals surface area contributed by atoms with E-state index < -0.39 is 0 Å². The van der Waals surface area contributed by atoms with Crippen molar-refractivity contribution in [1.82, 2.24) is 9.97 Å². The van der Waals surface area contributed by atoms with Crippen LogP contribution in [0.1, 0.15) is 5.69 Å². The summed E-state index contributed by atoms with van der Waals surface area (Å²) in [6.07, 6.45) is 0. The normalized spacial score (nSPS) is 13.7. The number of anilines is 3. The number of para-hydroxylation sites is 2. The van der Waals surface area contributed by atoms with Crippen molar-refractivity contribution in [3.05, 3.63) is 72.4 Å². The van der Waals surface area contributed by atoms with Crippen LogP contribution in [0.2, 0.25) is 0 Å². The summed E-state index contributed by atoms with van der Waals surface area (Å²) in [6.45, 7) is 5.29. The van der Waals surface area contributed by atoms with Crippen LogP contribution in [0.25, 0.3) is 0 Å². The van der Waals surface area contributed by atoms with Gasteiger partial charge in [0.05, 0.1) is 0 Å². The molecule has 1 fully saturated rings. The number of benzene rings is 2. The maximum Gasteiger partial charge on any atom is 0.264 e. The Morgan fingerprint density at radius 2 is 1.55 bits per heavy atom. The van der Waals surface area contributed by atoms with Crippen LogP contribution < -0.4 is 19.4 Å². The Balaban J connectivity index is 1.37. The van der Waals surface area contributed by atoms with Crippen LogP contribution in [0, 0.1) is 6.92 Å². The summed E-state index contributed by atoms with van der Waals surface area (Å²) in [5.41, 5.74) is 2.87. The molecule has 1 aliphatic rings. The van der Waals surface area contributed by atoms with Crippen molar-refractivity contribution < 1.29 is 9.53 Å². The Labute approximate surface area is 182 Å². The first kappa shape index (κ1) is 20.7. The van der Waals surface area contributed by atoms with E-state index in [1.165, 1.54) is 5.69 Å². The monoisotopic (exact) mass is 417 g/mol. The maximum absolute atomic E-state index is 12.5. The molecule has 0 radical (unpaired) electrons. The third-order valence-corrected chi connectivity index (χ3v) is 5.36. The van der Waals surface area contributed by atoms with Gasteiger partial charge in [0, 0.05) is 56.4 Å². The molecule has 7 nitrogen and oxygen atoms in total.